The van der Waals surface area contributed by atoms with Gasteiger partial charge in [-0.1, -0.05) is 5.92 Å². The molecule has 1 aliphatic rings. The van der Waals surface area contributed by atoms with E-state index in [1.165, 1.54) is 0 Å². The molecule has 1 fully saturated rings. The molecule has 6 heteroatoms. The van der Waals surface area contributed by atoms with E-state index in [9.17, 15) is 14.0 Å². The summed E-state index contributed by atoms with van der Waals surface area (Å²) in [5.41, 5.74) is -0.701. The first-order valence-electron chi connectivity index (χ1n) is 6.44. The molecule has 1 heterocycles. The Balaban J connectivity index is 2.69. The molecule has 0 saturated carbocycles. The van der Waals surface area contributed by atoms with Gasteiger partial charge in [0.2, 0.25) is 0 Å². The van der Waals surface area contributed by atoms with Crippen molar-refractivity contribution in [1.29, 1.82) is 0 Å². The molecule has 0 unspecified atom stereocenters. The fraction of sp³-hybridized carbons (Fsp3) is 0.714. The van der Waals surface area contributed by atoms with Gasteiger partial charge in [0, 0.05) is 6.42 Å². The molecule has 0 spiro atoms. The number of hydrogen-bond acceptors (Lipinski definition) is 4. The lowest BCUT2D eigenvalue weighted by molar-refractivity contribution is -0.147. The van der Waals surface area contributed by atoms with Crippen molar-refractivity contribution in [2.75, 3.05) is 13.2 Å². The van der Waals surface area contributed by atoms with Gasteiger partial charge < -0.3 is 9.47 Å². The van der Waals surface area contributed by atoms with Crippen molar-refractivity contribution in [3.05, 3.63) is 0 Å². The molecule has 20 heavy (non-hydrogen) atoms. The lowest BCUT2D eigenvalue weighted by Crippen LogP contribution is -2.44. The second kappa shape index (κ2) is 6.60. The van der Waals surface area contributed by atoms with Crippen molar-refractivity contribution in [3.8, 4) is 11.8 Å². The molecule has 5 nitrogen and oxygen atoms in total. The second-order valence-corrected chi connectivity index (χ2v) is 5.52. The third kappa shape index (κ3) is 4.72. The van der Waals surface area contributed by atoms with Gasteiger partial charge in [-0.3, -0.25) is 4.90 Å². The molecule has 0 aliphatic carbocycles. The molecule has 1 amide bonds. The number of carbonyl (C=O) groups is 2. The highest BCUT2D eigenvalue weighted by Crippen LogP contribution is 2.24. The lowest BCUT2D eigenvalue weighted by Gasteiger charge is -2.27. The van der Waals surface area contributed by atoms with Crippen molar-refractivity contribution in [3.63, 3.8) is 0 Å². The Kier molecular flexibility index (Phi) is 5.37. The minimum absolute atomic E-state index is 0.0645. The Morgan fingerprint density at radius 2 is 2.05 bits per heavy atom. The van der Waals surface area contributed by atoms with Crippen LogP contribution in [-0.4, -0.2) is 47.9 Å². The Hall–Kier alpha value is -1.77. The first-order chi connectivity index (χ1) is 9.24. The standard InChI is InChI=1S/C14H20FNO4/c1-5-6-7-19-12(17)11-8-10(15)9-16(11)13(18)20-14(2,3)4/h10-11H,7-9H2,1-4H3/t10-,11+/m1/s1. The van der Waals surface area contributed by atoms with Crippen LogP contribution >= 0.6 is 0 Å². The summed E-state index contributed by atoms with van der Waals surface area (Å²) in [6, 6.07) is -0.946. The Morgan fingerprint density at radius 3 is 2.60 bits per heavy atom. The van der Waals surface area contributed by atoms with Crippen LogP contribution in [0.25, 0.3) is 0 Å². The predicted octanol–water partition coefficient (Wildman–Crippen LogP) is 1.90. The van der Waals surface area contributed by atoms with Crippen LogP contribution in [0.15, 0.2) is 0 Å². The van der Waals surface area contributed by atoms with Crippen molar-refractivity contribution in [2.45, 2.75) is 51.9 Å². The molecule has 1 rings (SSSR count). The summed E-state index contributed by atoms with van der Waals surface area (Å²) in [7, 11) is 0. The minimum atomic E-state index is -1.25. The molecule has 0 aromatic heterocycles. The van der Waals surface area contributed by atoms with Crippen molar-refractivity contribution >= 4 is 12.1 Å². The molecular weight excluding hydrogens is 265 g/mol. The summed E-state index contributed by atoms with van der Waals surface area (Å²) >= 11 is 0. The number of alkyl halides is 1. The van der Waals surface area contributed by atoms with E-state index in [0.717, 1.165) is 4.90 Å². The van der Waals surface area contributed by atoms with Crippen LogP contribution in [0.1, 0.15) is 34.1 Å². The minimum Gasteiger partial charge on any atom is -0.451 e. The average molecular weight is 285 g/mol. The number of halogens is 1. The SMILES string of the molecule is CC#CCOC(=O)[C@@H]1C[C@@H](F)CN1C(=O)OC(C)(C)C. The highest BCUT2D eigenvalue weighted by atomic mass is 19.1. The summed E-state index contributed by atoms with van der Waals surface area (Å²) in [6.45, 7) is 6.52. The van der Waals surface area contributed by atoms with Gasteiger partial charge in [0.05, 0.1) is 6.54 Å². The highest BCUT2D eigenvalue weighted by Gasteiger charge is 2.42. The fourth-order valence-electron chi connectivity index (χ4n) is 1.81. The largest absolute Gasteiger partial charge is 0.451 e. The van der Waals surface area contributed by atoms with Crippen molar-refractivity contribution in [2.24, 2.45) is 0 Å². The molecule has 0 bridgehead atoms. The van der Waals surface area contributed by atoms with E-state index in [4.69, 9.17) is 9.47 Å². The number of ether oxygens (including phenoxy) is 2. The fourth-order valence-corrected chi connectivity index (χ4v) is 1.81. The van der Waals surface area contributed by atoms with Gasteiger partial charge in [-0.15, -0.1) is 5.92 Å². The van der Waals surface area contributed by atoms with Crippen molar-refractivity contribution in [1.82, 2.24) is 4.90 Å². The third-order valence-corrected chi connectivity index (χ3v) is 2.61. The van der Waals surface area contributed by atoms with E-state index in [0.29, 0.717) is 0 Å². The van der Waals surface area contributed by atoms with E-state index in [2.05, 4.69) is 11.8 Å². The maximum atomic E-state index is 13.5. The molecule has 0 N–H and O–H groups in total. The lowest BCUT2D eigenvalue weighted by atomic mass is 10.2. The summed E-state index contributed by atoms with van der Waals surface area (Å²) < 4.78 is 23.5. The normalized spacial score (nSPS) is 21.9. The highest BCUT2D eigenvalue weighted by molar-refractivity contribution is 5.82. The summed E-state index contributed by atoms with van der Waals surface area (Å²) in [5.74, 6) is 4.50. The van der Waals surface area contributed by atoms with Crippen LogP contribution in [0.5, 0.6) is 0 Å². The predicted molar refractivity (Wildman–Crippen MR) is 70.7 cm³/mol. The van der Waals surface area contributed by atoms with Gasteiger partial charge in [-0.05, 0) is 27.7 Å². The molecule has 0 radical (unpaired) electrons. The zero-order chi connectivity index (χ0) is 15.3. The summed E-state index contributed by atoms with van der Waals surface area (Å²) in [6.07, 6.45) is -2.03. The summed E-state index contributed by atoms with van der Waals surface area (Å²) in [4.78, 5) is 24.9. The smallest absolute Gasteiger partial charge is 0.411 e. The Bertz CT molecular complexity index is 433. The van der Waals surface area contributed by atoms with Gasteiger partial charge in [-0.25, -0.2) is 14.0 Å². The number of esters is 1. The number of likely N-dealkylation sites (tertiary alicyclic amines) is 1. The number of carbonyl (C=O) groups excluding carboxylic acids is 2. The van der Waals surface area contributed by atoms with Gasteiger partial charge in [0.25, 0.3) is 0 Å². The zero-order valence-corrected chi connectivity index (χ0v) is 12.2. The third-order valence-electron chi connectivity index (χ3n) is 2.61. The Morgan fingerprint density at radius 1 is 1.40 bits per heavy atom. The van der Waals surface area contributed by atoms with E-state index in [1.54, 1.807) is 27.7 Å². The molecule has 2 atom stereocenters. The zero-order valence-electron chi connectivity index (χ0n) is 12.2. The van der Waals surface area contributed by atoms with Crippen LogP contribution in [-0.2, 0) is 14.3 Å². The van der Waals surface area contributed by atoms with Gasteiger partial charge >= 0.3 is 12.1 Å². The van der Waals surface area contributed by atoms with Crippen LogP contribution in [0.3, 0.4) is 0 Å². The van der Waals surface area contributed by atoms with Gasteiger partial charge in [-0.2, -0.15) is 0 Å². The molecule has 1 saturated heterocycles. The maximum absolute atomic E-state index is 13.5. The molecule has 1 aliphatic heterocycles. The molecule has 0 aromatic rings. The first-order valence-corrected chi connectivity index (χ1v) is 6.44. The topological polar surface area (TPSA) is 55.8 Å². The molecule has 0 aromatic carbocycles. The first kappa shape index (κ1) is 16.3. The van der Waals surface area contributed by atoms with Gasteiger partial charge in [0.15, 0.2) is 6.61 Å². The van der Waals surface area contributed by atoms with E-state index in [1.807, 2.05) is 0 Å². The van der Waals surface area contributed by atoms with Crippen LogP contribution in [0.2, 0.25) is 0 Å². The summed E-state index contributed by atoms with van der Waals surface area (Å²) in [5, 5.41) is 0. The average Bonchev–Trinajstić information content (AvgIpc) is 2.69. The molecular formula is C14H20FNO4. The monoisotopic (exact) mass is 285 g/mol. The number of rotatable bonds is 2. The number of amides is 1. The number of hydrogen-bond donors (Lipinski definition) is 0. The Labute approximate surface area is 118 Å². The number of nitrogens with zero attached hydrogens (tertiary/aromatic N) is 1. The van der Waals surface area contributed by atoms with E-state index in [-0.39, 0.29) is 19.6 Å². The van der Waals surface area contributed by atoms with Crippen LogP contribution in [0.4, 0.5) is 9.18 Å². The van der Waals surface area contributed by atoms with Crippen LogP contribution < -0.4 is 0 Å². The quantitative estimate of drug-likeness (QED) is 0.574. The maximum Gasteiger partial charge on any atom is 0.411 e. The molecule has 112 valence electrons. The second-order valence-electron chi connectivity index (χ2n) is 5.52. The van der Waals surface area contributed by atoms with E-state index < -0.39 is 29.9 Å². The van der Waals surface area contributed by atoms with Crippen molar-refractivity contribution < 1.29 is 23.5 Å². The van der Waals surface area contributed by atoms with E-state index >= 15 is 0 Å². The van der Waals surface area contributed by atoms with Crippen LogP contribution in [0, 0.1) is 11.8 Å². The van der Waals surface area contributed by atoms with Gasteiger partial charge in [0.1, 0.15) is 17.8 Å².